The molecule has 2 aliphatic rings. The molecule has 2 N–H and O–H groups in total. The monoisotopic (exact) mass is 530 g/mol. The summed E-state index contributed by atoms with van der Waals surface area (Å²) in [4.78, 5) is 47.2. The van der Waals surface area contributed by atoms with Crippen molar-refractivity contribution in [2.75, 3.05) is 13.1 Å². The van der Waals surface area contributed by atoms with Gasteiger partial charge in [0.25, 0.3) is 11.5 Å². The molecule has 1 atom stereocenters. The Morgan fingerprint density at radius 2 is 1.66 bits per heavy atom. The number of carbonyl (C=O) groups excluding carboxylic acids is 2. The highest BCUT2D eigenvalue weighted by molar-refractivity contribution is 5.97. The van der Waals surface area contributed by atoms with Crippen LogP contribution in [0.3, 0.4) is 0 Å². The van der Waals surface area contributed by atoms with Gasteiger partial charge in [-0.2, -0.15) is 0 Å². The number of amides is 2. The van der Waals surface area contributed by atoms with E-state index in [9.17, 15) is 27.6 Å². The first kappa shape index (κ1) is 25.6. The van der Waals surface area contributed by atoms with E-state index >= 15 is 0 Å². The molecule has 2 amide bonds. The highest BCUT2D eigenvalue weighted by Crippen LogP contribution is 2.34. The van der Waals surface area contributed by atoms with Crippen LogP contribution in [0.2, 0.25) is 0 Å². The molecule has 38 heavy (non-hydrogen) atoms. The van der Waals surface area contributed by atoms with Crippen molar-refractivity contribution in [3.8, 4) is 11.5 Å². The number of nitrogens with one attached hydrogen (secondary N) is 2. The van der Waals surface area contributed by atoms with Gasteiger partial charge in [0.1, 0.15) is 23.6 Å². The van der Waals surface area contributed by atoms with Crippen LogP contribution in [0.5, 0.6) is 11.5 Å². The van der Waals surface area contributed by atoms with E-state index < -0.39 is 23.9 Å². The summed E-state index contributed by atoms with van der Waals surface area (Å²) < 4.78 is 46.7. The number of rotatable bonds is 7. The van der Waals surface area contributed by atoms with Crippen LogP contribution in [-0.4, -0.2) is 58.3 Å². The molecule has 0 spiro atoms. The number of piperidine rings is 1. The molecule has 1 saturated carbocycles. The number of halogens is 3. The lowest BCUT2D eigenvalue weighted by molar-refractivity contribution is -0.274. The molecule has 2 aromatic carbocycles. The minimum Gasteiger partial charge on any atom is -0.490 e. The maximum atomic E-state index is 13.3. The maximum Gasteiger partial charge on any atom is 0.573 e. The minimum absolute atomic E-state index is 0.00241. The molecule has 0 radical (unpaired) electrons. The van der Waals surface area contributed by atoms with Crippen molar-refractivity contribution in [3.63, 3.8) is 0 Å². The van der Waals surface area contributed by atoms with Crippen molar-refractivity contribution in [1.29, 1.82) is 0 Å². The van der Waals surface area contributed by atoms with E-state index in [1.807, 2.05) is 0 Å². The van der Waals surface area contributed by atoms with Crippen LogP contribution in [-0.2, 0) is 4.79 Å². The fourth-order valence-electron chi connectivity index (χ4n) is 4.51. The van der Waals surface area contributed by atoms with Crippen LogP contribution in [0.4, 0.5) is 13.2 Å². The normalized spacial score (nSPS) is 17.2. The first-order chi connectivity index (χ1) is 18.2. The summed E-state index contributed by atoms with van der Waals surface area (Å²) in [5, 5.41) is 2.73. The second-order valence-corrected chi connectivity index (χ2v) is 9.38. The van der Waals surface area contributed by atoms with E-state index in [0.717, 1.165) is 12.8 Å². The van der Waals surface area contributed by atoms with Gasteiger partial charge in [0.2, 0.25) is 5.91 Å². The maximum absolute atomic E-state index is 13.3. The zero-order valence-corrected chi connectivity index (χ0v) is 20.2. The molecule has 12 heteroatoms. The Balaban J connectivity index is 1.18. The van der Waals surface area contributed by atoms with Gasteiger partial charge in [0.05, 0.1) is 11.0 Å². The summed E-state index contributed by atoms with van der Waals surface area (Å²) in [6, 6.07) is 11.3. The first-order valence-corrected chi connectivity index (χ1v) is 12.3. The molecule has 1 aromatic heterocycles. The summed E-state index contributed by atoms with van der Waals surface area (Å²) >= 11 is 0. The number of hydrogen-bond acceptors (Lipinski definition) is 6. The van der Waals surface area contributed by atoms with E-state index in [2.05, 4.69) is 20.0 Å². The van der Waals surface area contributed by atoms with Crippen molar-refractivity contribution in [2.24, 2.45) is 5.92 Å². The van der Waals surface area contributed by atoms with Crippen LogP contribution in [0, 0.1) is 5.92 Å². The molecule has 0 unspecified atom stereocenters. The number of benzene rings is 2. The average molecular weight is 531 g/mol. The van der Waals surface area contributed by atoms with Crippen LogP contribution < -0.4 is 20.3 Å². The van der Waals surface area contributed by atoms with Gasteiger partial charge in [-0.15, -0.1) is 13.2 Å². The molecule has 9 nitrogen and oxygen atoms in total. The quantitative estimate of drug-likeness (QED) is 0.484. The van der Waals surface area contributed by atoms with Crippen molar-refractivity contribution in [1.82, 2.24) is 20.2 Å². The number of para-hydroxylation sites is 2. The van der Waals surface area contributed by atoms with Gasteiger partial charge in [-0.3, -0.25) is 14.4 Å². The van der Waals surface area contributed by atoms with E-state index in [1.54, 1.807) is 29.2 Å². The van der Waals surface area contributed by atoms with Gasteiger partial charge in [-0.05, 0) is 55.2 Å². The van der Waals surface area contributed by atoms with E-state index in [-0.39, 0.29) is 29.4 Å². The highest BCUT2D eigenvalue weighted by atomic mass is 19.4. The van der Waals surface area contributed by atoms with Gasteiger partial charge in [0, 0.05) is 25.9 Å². The third-order valence-electron chi connectivity index (χ3n) is 6.57. The highest BCUT2D eigenvalue weighted by Gasteiger charge is 2.41. The summed E-state index contributed by atoms with van der Waals surface area (Å²) in [6.45, 7) is 0.791. The van der Waals surface area contributed by atoms with Gasteiger partial charge < -0.3 is 24.7 Å². The SMILES string of the molecule is O=C(N[C@H](C(=O)N1CCC(Oc2ccc(OC(F)(F)F)cc2)CC1)C1CC1)c1nc2ccccc2[nH]c1=O. The van der Waals surface area contributed by atoms with Crippen molar-refractivity contribution in [3.05, 3.63) is 64.6 Å². The number of fused-ring (bicyclic) bond motifs is 1. The largest absolute Gasteiger partial charge is 0.573 e. The lowest BCUT2D eigenvalue weighted by Gasteiger charge is -2.34. The average Bonchev–Trinajstić information content (AvgIpc) is 3.72. The number of nitrogens with zero attached hydrogens (tertiary/aromatic N) is 2. The Hall–Kier alpha value is -4.09. The minimum atomic E-state index is -4.76. The Bertz CT molecular complexity index is 1380. The number of aromatic nitrogens is 2. The molecular weight excluding hydrogens is 505 g/mol. The first-order valence-electron chi connectivity index (χ1n) is 12.3. The number of ether oxygens (including phenoxy) is 2. The topological polar surface area (TPSA) is 114 Å². The van der Waals surface area contributed by atoms with Crippen LogP contribution in [0.1, 0.15) is 36.2 Å². The second kappa shape index (κ2) is 10.3. The lowest BCUT2D eigenvalue weighted by atomic mass is 10.0. The molecule has 3 aromatic rings. The molecule has 2 fully saturated rings. The van der Waals surface area contributed by atoms with E-state index in [1.165, 1.54) is 24.3 Å². The Labute approximate surface area is 214 Å². The number of H-pyrrole nitrogens is 1. The molecule has 2 heterocycles. The predicted molar refractivity (Wildman–Crippen MR) is 130 cm³/mol. The zero-order chi connectivity index (χ0) is 26.9. The predicted octanol–water partition coefficient (Wildman–Crippen LogP) is 3.40. The van der Waals surface area contributed by atoms with E-state index in [0.29, 0.717) is 42.7 Å². The van der Waals surface area contributed by atoms with Gasteiger partial charge >= 0.3 is 6.36 Å². The van der Waals surface area contributed by atoms with E-state index in [4.69, 9.17) is 4.74 Å². The number of aromatic amines is 1. The van der Waals surface area contributed by atoms with Crippen molar-refractivity contribution in [2.45, 2.75) is 44.2 Å². The second-order valence-electron chi connectivity index (χ2n) is 9.38. The standard InChI is InChI=1S/C26H25F3N4O5/c27-26(28,29)38-18-9-7-16(8-10-18)37-17-11-13-33(14-12-17)25(36)21(15-5-6-15)32-24(35)22-23(34)31-20-4-2-1-3-19(20)30-22/h1-4,7-10,15,17,21H,5-6,11-14H2,(H,31,34)(H,32,35)/t21-/m0/s1. The molecule has 1 aliphatic heterocycles. The summed E-state index contributed by atoms with van der Waals surface area (Å²) in [7, 11) is 0. The van der Waals surface area contributed by atoms with Gasteiger partial charge in [0.15, 0.2) is 5.69 Å². The fourth-order valence-corrected chi connectivity index (χ4v) is 4.51. The molecular formula is C26H25F3N4O5. The molecule has 1 aliphatic carbocycles. The Kier molecular flexibility index (Phi) is 6.96. The van der Waals surface area contributed by atoms with Crippen molar-refractivity contribution >= 4 is 22.8 Å². The fraction of sp³-hybridized carbons (Fsp3) is 0.385. The summed E-state index contributed by atoms with van der Waals surface area (Å²) in [5.74, 6) is -0.846. The molecule has 5 rings (SSSR count). The Morgan fingerprint density at radius 1 is 1.00 bits per heavy atom. The van der Waals surface area contributed by atoms with Gasteiger partial charge in [-0.1, -0.05) is 12.1 Å². The molecule has 0 bridgehead atoms. The number of hydrogen-bond donors (Lipinski definition) is 2. The number of carbonyl (C=O) groups is 2. The summed E-state index contributed by atoms with van der Waals surface area (Å²) in [6.07, 6.45) is -2.35. The van der Waals surface area contributed by atoms with Crippen LogP contribution in [0.25, 0.3) is 11.0 Å². The van der Waals surface area contributed by atoms with Crippen LogP contribution >= 0.6 is 0 Å². The number of alkyl halides is 3. The van der Waals surface area contributed by atoms with Crippen LogP contribution in [0.15, 0.2) is 53.3 Å². The molecule has 200 valence electrons. The third-order valence-corrected chi connectivity index (χ3v) is 6.57. The van der Waals surface area contributed by atoms with Gasteiger partial charge in [-0.25, -0.2) is 4.98 Å². The van der Waals surface area contributed by atoms with Crippen molar-refractivity contribution < 1.29 is 32.2 Å². The smallest absolute Gasteiger partial charge is 0.490 e. The molecule has 1 saturated heterocycles. The lowest BCUT2D eigenvalue weighted by Crippen LogP contribution is -2.53. The third kappa shape index (κ3) is 6.06. The zero-order valence-electron chi connectivity index (χ0n) is 20.2. The number of likely N-dealkylation sites (tertiary alicyclic amines) is 1. The summed E-state index contributed by atoms with van der Waals surface area (Å²) in [5.41, 5.74) is 0.0655. The Morgan fingerprint density at radius 3 is 2.32 bits per heavy atom.